The Balaban J connectivity index is 2.08. The Labute approximate surface area is 147 Å². The van der Waals surface area contributed by atoms with Gasteiger partial charge in [0.05, 0.1) is 18.5 Å². The number of H-pyrrole nitrogens is 1. The predicted molar refractivity (Wildman–Crippen MR) is 96.1 cm³/mol. The highest BCUT2D eigenvalue weighted by Crippen LogP contribution is 2.17. The number of nitrogens with zero attached hydrogens (tertiary/aromatic N) is 3. The molecule has 3 rings (SSSR count). The van der Waals surface area contributed by atoms with Gasteiger partial charge in [0.25, 0.3) is 5.56 Å². The summed E-state index contributed by atoms with van der Waals surface area (Å²) in [7, 11) is 1.52. The van der Waals surface area contributed by atoms with Crippen LogP contribution in [0.15, 0.2) is 39.9 Å². The maximum atomic E-state index is 12.3. The molecule has 1 atom stereocenters. The van der Waals surface area contributed by atoms with Gasteiger partial charge in [-0.15, -0.1) is 11.6 Å². The van der Waals surface area contributed by atoms with Crippen LogP contribution in [-0.2, 0) is 20.1 Å². The molecular formula is C16H18ClN5O3. The Morgan fingerprint density at radius 2 is 2.04 bits per heavy atom. The number of hydrogen-bond acceptors (Lipinski definition) is 5. The maximum absolute atomic E-state index is 12.3. The molecule has 0 radical (unpaired) electrons. The van der Waals surface area contributed by atoms with Crippen molar-refractivity contribution < 1.29 is 5.11 Å². The highest BCUT2D eigenvalue weighted by Gasteiger charge is 2.19. The number of hydrogen-bond donors (Lipinski definition) is 3. The molecule has 3 N–H and O–H groups in total. The zero-order chi connectivity index (χ0) is 18.0. The minimum atomic E-state index is -0.854. The molecule has 0 unspecified atom stereocenters. The van der Waals surface area contributed by atoms with Crippen LogP contribution in [0.2, 0.25) is 0 Å². The van der Waals surface area contributed by atoms with Gasteiger partial charge in [0.2, 0.25) is 5.95 Å². The van der Waals surface area contributed by atoms with Crippen LogP contribution < -0.4 is 16.6 Å². The number of halogens is 1. The first-order valence-corrected chi connectivity index (χ1v) is 8.26. The van der Waals surface area contributed by atoms with E-state index in [-0.39, 0.29) is 23.6 Å². The fourth-order valence-corrected chi connectivity index (χ4v) is 2.68. The molecule has 0 fully saturated rings. The van der Waals surface area contributed by atoms with Crippen molar-refractivity contribution in [2.75, 3.05) is 11.2 Å². The van der Waals surface area contributed by atoms with Crippen LogP contribution in [-0.4, -0.2) is 36.2 Å². The molecule has 0 aliphatic rings. The molecule has 2 heterocycles. The van der Waals surface area contributed by atoms with Crippen molar-refractivity contribution in [2.45, 2.75) is 19.2 Å². The number of nitrogens with one attached hydrogen (secondary N) is 2. The second-order valence-electron chi connectivity index (χ2n) is 5.68. The van der Waals surface area contributed by atoms with Gasteiger partial charge in [0.15, 0.2) is 11.2 Å². The van der Waals surface area contributed by atoms with E-state index >= 15 is 0 Å². The first-order valence-electron chi connectivity index (χ1n) is 7.72. The van der Waals surface area contributed by atoms with Crippen molar-refractivity contribution in [3.05, 3.63) is 56.7 Å². The second kappa shape index (κ2) is 7.12. The van der Waals surface area contributed by atoms with Gasteiger partial charge in [-0.3, -0.25) is 14.3 Å². The minimum absolute atomic E-state index is 0.0153. The molecular weight excluding hydrogens is 346 g/mol. The monoisotopic (exact) mass is 363 g/mol. The van der Waals surface area contributed by atoms with Crippen LogP contribution in [0.3, 0.4) is 0 Å². The van der Waals surface area contributed by atoms with E-state index in [0.29, 0.717) is 12.5 Å². The van der Waals surface area contributed by atoms with E-state index in [2.05, 4.69) is 15.3 Å². The van der Waals surface area contributed by atoms with Gasteiger partial charge in [-0.25, -0.2) is 4.79 Å². The predicted octanol–water partition coefficient (Wildman–Crippen LogP) is 0.635. The van der Waals surface area contributed by atoms with Crippen LogP contribution in [0.25, 0.3) is 11.2 Å². The summed E-state index contributed by atoms with van der Waals surface area (Å²) < 4.78 is 2.80. The average Bonchev–Trinajstić information content (AvgIpc) is 2.97. The van der Waals surface area contributed by atoms with Gasteiger partial charge >= 0.3 is 5.69 Å². The molecule has 0 bridgehead atoms. The molecule has 8 nitrogen and oxygen atoms in total. The van der Waals surface area contributed by atoms with Gasteiger partial charge in [-0.2, -0.15) is 4.98 Å². The lowest BCUT2D eigenvalue weighted by Crippen LogP contribution is -2.30. The van der Waals surface area contributed by atoms with Crippen molar-refractivity contribution in [3.8, 4) is 0 Å². The topological polar surface area (TPSA) is 105 Å². The number of imidazole rings is 1. The Kier molecular flexibility index (Phi) is 4.91. The lowest BCUT2D eigenvalue weighted by molar-refractivity contribution is 0.179. The first kappa shape index (κ1) is 17.2. The largest absolute Gasteiger partial charge is 0.390 e. The molecule has 0 saturated heterocycles. The third kappa shape index (κ3) is 3.45. The number of aryl methyl sites for hydroxylation is 1. The molecule has 0 aliphatic carbocycles. The zero-order valence-corrected chi connectivity index (χ0v) is 14.3. The molecule has 0 spiro atoms. The Morgan fingerprint density at radius 1 is 1.32 bits per heavy atom. The second-order valence-corrected chi connectivity index (χ2v) is 5.99. The van der Waals surface area contributed by atoms with Gasteiger partial charge in [-0.1, -0.05) is 30.3 Å². The lowest BCUT2D eigenvalue weighted by Gasteiger charge is -2.13. The quantitative estimate of drug-likeness (QED) is 0.557. The third-order valence-corrected chi connectivity index (χ3v) is 4.23. The molecule has 0 aliphatic heterocycles. The van der Waals surface area contributed by atoms with Crippen molar-refractivity contribution >= 4 is 28.7 Å². The van der Waals surface area contributed by atoms with E-state index in [9.17, 15) is 14.7 Å². The van der Waals surface area contributed by atoms with Crippen molar-refractivity contribution in [1.29, 1.82) is 0 Å². The van der Waals surface area contributed by atoms with Gasteiger partial charge in [0.1, 0.15) is 0 Å². The molecule has 25 heavy (non-hydrogen) atoms. The van der Waals surface area contributed by atoms with E-state index in [1.165, 1.54) is 11.6 Å². The molecule has 9 heteroatoms. The van der Waals surface area contributed by atoms with E-state index in [1.807, 2.05) is 30.3 Å². The number of alkyl halides is 1. The summed E-state index contributed by atoms with van der Waals surface area (Å²) in [5, 5.41) is 13.1. The Hall–Kier alpha value is -2.58. The molecule has 3 aromatic rings. The Bertz CT molecular complexity index is 993. The Morgan fingerprint density at radius 3 is 2.72 bits per heavy atom. The molecule has 0 amide bonds. The number of anilines is 1. The summed E-state index contributed by atoms with van der Waals surface area (Å²) in [6.07, 6.45) is -0.854. The third-order valence-electron chi connectivity index (χ3n) is 3.87. The SMILES string of the molecule is Cn1c(=O)[nH]c(=O)c2c1nc(NCc1ccccc1)n2C[C@H](O)CCl. The fraction of sp³-hybridized carbons (Fsp3) is 0.312. The number of rotatable bonds is 6. The van der Waals surface area contributed by atoms with Crippen molar-refractivity contribution in [3.63, 3.8) is 0 Å². The van der Waals surface area contributed by atoms with E-state index < -0.39 is 17.4 Å². The number of aliphatic hydroxyl groups is 1. The van der Waals surface area contributed by atoms with Gasteiger partial charge < -0.3 is 15.0 Å². The zero-order valence-electron chi connectivity index (χ0n) is 13.6. The van der Waals surface area contributed by atoms with Crippen LogP contribution in [0.4, 0.5) is 5.95 Å². The van der Waals surface area contributed by atoms with Gasteiger partial charge in [-0.05, 0) is 5.56 Å². The molecule has 132 valence electrons. The highest BCUT2D eigenvalue weighted by atomic mass is 35.5. The van der Waals surface area contributed by atoms with Gasteiger partial charge in [0, 0.05) is 13.6 Å². The van der Waals surface area contributed by atoms with Crippen LogP contribution in [0, 0.1) is 0 Å². The highest BCUT2D eigenvalue weighted by molar-refractivity contribution is 6.18. The summed E-state index contributed by atoms with van der Waals surface area (Å²) in [6.45, 7) is 0.561. The normalized spacial score (nSPS) is 12.4. The molecule has 0 saturated carbocycles. The average molecular weight is 364 g/mol. The summed E-state index contributed by atoms with van der Waals surface area (Å²) in [5.41, 5.74) is 0.379. The minimum Gasteiger partial charge on any atom is -0.390 e. The van der Waals surface area contributed by atoms with Crippen LogP contribution >= 0.6 is 11.6 Å². The van der Waals surface area contributed by atoms with Crippen LogP contribution in [0.5, 0.6) is 0 Å². The van der Waals surface area contributed by atoms with Crippen molar-refractivity contribution in [1.82, 2.24) is 19.1 Å². The summed E-state index contributed by atoms with van der Waals surface area (Å²) in [6, 6.07) is 9.68. The summed E-state index contributed by atoms with van der Waals surface area (Å²) >= 11 is 5.70. The number of aromatic nitrogens is 4. The summed E-state index contributed by atoms with van der Waals surface area (Å²) in [4.78, 5) is 30.7. The number of aromatic amines is 1. The summed E-state index contributed by atoms with van der Waals surface area (Å²) in [5.74, 6) is 0.399. The number of benzene rings is 1. The molecule has 2 aromatic heterocycles. The lowest BCUT2D eigenvalue weighted by atomic mass is 10.2. The van der Waals surface area contributed by atoms with Crippen LogP contribution in [0.1, 0.15) is 5.56 Å². The smallest absolute Gasteiger partial charge is 0.329 e. The van der Waals surface area contributed by atoms with E-state index in [1.54, 1.807) is 4.57 Å². The van der Waals surface area contributed by atoms with E-state index in [0.717, 1.165) is 5.56 Å². The fourth-order valence-electron chi connectivity index (χ4n) is 2.58. The first-order chi connectivity index (χ1) is 12.0. The standard InChI is InChI=1S/C16H18ClN5O3/c1-21-13-12(14(24)20-16(21)25)22(9-11(23)7-17)15(19-13)18-8-10-5-3-2-4-6-10/h2-6,11,23H,7-9H2,1H3,(H,18,19)(H,20,24,25)/t11-/m1/s1. The molecule has 1 aromatic carbocycles. The maximum Gasteiger partial charge on any atom is 0.329 e. The van der Waals surface area contributed by atoms with Crippen molar-refractivity contribution in [2.24, 2.45) is 7.05 Å². The number of fused-ring (bicyclic) bond motifs is 1. The van der Waals surface area contributed by atoms with E-state index in [4.69, 9.17) is 11.6 Å². The number of aliphatic hydroxyl groups excluding tert-OH is 1.